The molecule has 3 aromatic rings. The van der Waals surface area contributed by atoms with E-state index in [0.29, 0.717) is 21.8 Å². The van der Waals surface area contributed by atoms with E-state index < -0.39 is 0 Å². The zero-order chi connectivity index (χ0) is 23.3. The highest BCUT2D eigenvalue weighted by molar-refractivity contribution is 6.31. The van der Waals surface area contributed by atoms with Crippen LogP contribution in [0.4, 0.5) is 5.69 Å². The van der Waals surface area contributed by atoms with Crippen LogP contribution in [0.25, 0.3) is 0 Å². The van der Waals surface area contributed by atoms with E-state index in [0.717, 1.165) is 37.9 Å². The number of pyridine rings is 1. The number of anilines is 1. The Kier molecular flexibility index (Phi) is 10.2. The fourth-order valence-electron chi connectivity index (χ4n) is 3.21. The number of nitriles is 1. The predicted octanol–water partition coefficient (Wildman–Crippen LogP) is 5.73. The molecule has 2 N–H and O–H groups in total. The molecule has 0 bridgehead atoms. The Labute approximate surface area is 195 Å². The maximum absolute atomic E-state index is 12.1. The van der Waals surface area contributed by atoms with E-state index in [1.54, 1.807) is 30.6 Å². The molecule has 32 heavy (non-hydrogen) atoms. The number of aromatic nitrogens is 1. The van der Waals surface area contributed by atoms with Crippen molar-refractivity contribution in [2.45, 2.75) is 33.1 Å². The van der Waals surface area contributed by atoms with Crippen molar-refractivity contribution in [2.24, 2.45) is 0 Å². The zero-order valence-electron chi connectivity index (χ0n) is 18.6. The Hall–Kier alpha value is -3.36. The van der Waals surface area contributed by atoms with Crippen molar-refractivity contribution < 1.29 is 4.79 Å². The van der Waals surface area contributed by atoms with E-state index in [2.05, 4.69) is 37.0 Å². The summed E-state index contributed by atoms with van der Waals surface area (Å²) >= 11 is 6.09. The van der Waals surface area contributed by atoms with Gasteiger partial charge in [-0.3, -0.25) is 9.78 Å². The number of halogens is 1. The molecule has 5 nitrogen and oxygen atoms in total. The van der Waals surface area contributed by atoms with Crippen LogP contribution in [0.1, 0.15) is 53.7 Å². The molecule has 6 heteroatoms. The monoisotopic (exact) mass is 448 g/mol. The first-order valence-electron chi connectivity index (χ1n) is 10.7. The molecule has 0 fully saturated rings. The minimum atomic E-state index is 0.0171. The second-order valence-corrected chi connectivity index (χ2v) is 7.79. The van der Waals surface area contributed by atoms with Crippen molar-refractivity contribution >= 4 is 23.2 Å². The Balaban J connectivity index is 0.000000227. The third-order valence-electron chi connectivity index (χ3n) is 4.69. The normalized spacial score (nSPS) is 9.94. The summed E-state index contributed by atoms with van der Waals surface area (Å²) in [6, 6.07) is 19.2. The summed E-state index contributed by atoms with van der Waals surface area (Å²) in [6.07, 6.45) is 5.79. The van der Waals surface area contributed by atoms with Crippen molar-refractivity contribution in [3.8, 4) is 6.07 Å². The number of nitrogens with two attached hydrogens (primary N) is 1. The SMILES string of the molecule is CCCN(CCC)C(=O)c1cncc(N)c1.N#Cc1ccc(Cl)c(Cc2ccccc2)c1. The number of carbonyl (C=O) groups is 1. The predicted molar refractivity (Wildman–Crippen MR) is 131 cm³/mol. The summed E-state index contributed by atoms with van der Waals surface area (Å²) in [5.74, 6) is 0.0171. The summed E-state index contributed by atoms with van der Waals surface area (Å²) in [7, 11) is 0. The molecule has 0 aliphatic heterocycles. The second-order valence-electron chi connectivity index (χ2n) is 7.38. The van der Waals surface area contributed by atoms with Gasteiger partial charge in [0.25, 0.3) is 5.91 Å². The lowest BCUT2D eigenvalue weighted by molar-refractivity contribution is 0.0755. The average Bonchev–Trinajstić information content (AvgIpc) is 2.81. The van der Waals surface area contributed by atoms with Crippen molar-refractivity contribution in [3.63, 3.8) is 0 Å². The van der Waals surface area contributed by atoms with Crippen LogP contribution in [-0.2, 0) is 6.42 Å². The lowest BCUT2D eigenvalue weighted by Crippen LogP contribution is -2.32. The van der Waals surface area contributed by atoms with Gasteiger partial charge in [-0.2, -0.15) is 5.26 Å². The van der Waals surface area contributed by atoms with Gasteiger partial charge in [0.15, 0.2) is 0 Å². The van der Waals surface area contributed by atoms with Crippen molar-refractivity contribution in [1.82, 2.24) is 9.88 Å². The fourth-order valence-corrected chi connectivity index (χ4v) is 3.39. The van der Waals surface area contributed by atoms with Crippen LogP contribution in [0.2, 0.25) is 5.02 Å². The molecule has 0 spiro atoms. The molecule has 3 rings (SSSR count). The molecule has 1 aromatic heterocycles. The Morgan fingerprint density at radius 1 is 1.06 bits per heavy atom. The number of amides is 1. The quantitative estimate of drug-likeness (QED) is 0.500. The number of hydrogen-bond acceptors (Lipinski definition) is 4. The standard InChI is InChI=1S/C14H10ClN.C12H19N3O/c15-14-7-6-12(10-16)9-13(14)8-11-4-2-1-3-5-11;1-3-5-15(6-4-2)12(16)10-7-11(13)9-14-8-10/h1-7,9H,8H2;7-9H,3-6,13H2,1-2H3. The van der Waals surface area contributed by atoms with Gasteiger partial charge in [-0.25, -0.2) is 0 Å². The van der Waals surface area contributed by atoms with Crippen LogP contribution in [-0.4, -0.2) is 28.9 Å². The number of hydrogen-bond donors (Lipinski definition) is 1. The van der Waals surface area contributed by atoms with Crippen molar-refractivity contribution in [1.29, 1.82) is 5.26 Å². The van der Waals surface area contributed by atoms with Gasteiger partial charge in [0.2, 0.25) is 0 Å². The topological polar surface area (TPSA) is 83.0 Å². The van der Waals surface area contributed by atoms with Crippen LogP contribution >= 0.6 is 11.6 Å². The van der Waals surface area contributed by atoms with E-state index in [1.807, 2.05) is 29.2 Å². The van der Waals surface area contributed by atoms with Gasteiger partial charge < -0.3 is 10.6 Å². The maximum atomic E-state index is 12.1. The van der Waals surface area contributed by atoms with Crippen molar-refractivity contribution in [2.75, 3.05) is 18.8 Å². The van der Waals surface area contributed by atoms with Gasteiger partial charge in [0, 0.05) is 30.5 Å². The summed E-state index contributed by atoms with van der Waals surface area (Å²) in [5, 5.41) is 9.54. The molecule has 0 radical (unpaired) electrons. The number of carbonyl (C=O) groups excluding carboxylic acids is 1. The molecular weight excluding hydrogens is 420 g/mol. The van der Waals surface area contributed by atoms with Crippen LogP contribution in [0.15, 0.2) is 67.0 Å². The molecule has 0 unspecified atom stereocenters. The summed E-state index contributed by atoms with van der Waals surface area (Å²) in [4.78, 5) is 17.9. The molecule has 0 aliphatic rings. The van der Waals surface area contributed by atoms with E-state index in [9.17, 15) is 4.79 Å². The Morgan fingerprint density at radius 2 is 1.75 bits per heavy atom. The van der Waals surface area contributed by atoms with Crippen LogP contribution in [0.3, 0.4) is 0 Å². The highest BCUT2D eigenvalue weighted by Gasteiger charge is 2.14. The number of rotatable bonds is 7. The number of benzene rings is 2. The molecule has 1 amide bonds. The largest absolute Gasteiger partial charge is 0.397 e. The third-order valence-corrected chi connectivity index (χ3v) is 5.06. The van der Waals surface area contributed by atoms with Gasteiger partial charge in [-0.05, 0) is 54.7 Å². The van der Waals surface area contributed by atoms with E-state index in [-0.39, 0.29) is 5.91 Å². The second kappa shape index (κ2) is 13.1. The maximum Gasteiger partial charge on any atom is 0.255 e. The lowest BCUT2D eigenvalue weighted by atomic mass is 10.0. The number of nitrogen functional groups attached to an aromatic ring is 1. The Morgan fingerprint density at radius 3 is 2.34 bits per heavy atom. The molecule has 1 heterocycles. The molecular formula is C26H29ClN4O. The van der Waals surface area contributed by atoms with Gasteiger partial charge >= 0.3 is 0 Å². The van der Waals surface area contributed by atoms with Gasteiger partial charge in [0.1, 0.15) is 0 Å². The zero-order valence-corrected chi connectivity index (χ0v) is 19.3. The van der Waals surface area contributed by atoms with Crippen molar-refractivity contribution in [3.05, 3.63) is 94.3 Å². The first-order chi connectivity index (χ1) is 15.5. The van der Waals surface area contributed by atoms with E-state index in [1.165, 1.54) is 5.56 Å². The first-order valence-corrected chi connectivity index (χ1v) is 11.1. The van der Waals surface area contributed by atoms with E-state index >= 15 is 0 Å². The van der Waals surface area contributed by atoms with Crippen LogP contribution in [0.5, 0.6) is 0 Å². The molecule has 0 saturated carbocycles. The summed E-state index contributed by atoms with van der Waals surface area (Å²) in [5.41, 5.74) is 9.54. The molecule has 2 aromatic carbocycles. The number of nitrogens with zero attached hydrogens (tertiary/aromatic N) is 3. The summed E-state index contributed by atoms with van der Waals surface area (Å²) in [6.45, 7) is 5.68. The average molecular weight is 449 g/mol. The van der Waals surface area contributed by atoms with Crippen LogP contribution in [0, 0.1) is 11.3 Å². The van der Waals surface area contributed by atoms with Gasteiger partial charge in [-0.15, -0.1) is 0 Å². The fraction of sp³-hybridized carbons (Fsp3) is 0.269. The molecule has 166 valence electrons. The first kappa shape index (κ1) is 24.9. The van der Waals surface area contributed by atoms with Gasteiger partial charge in [0.05, 0.1) is 22.9 Å². The smallest absolute Gasteiger partial charge is 0.255 e. The molecule has 0 aliphatic carbocycles. The van der Waals surface area contributed by atoms with Gasteiger partial charge in [-0.1, -0.05) is 55.8 Å². The minimum Gasteiger partial charge on any atom is -0.397 e. The highest BCUT2D eigenvalue weighted by atomic mass is 35.5. The minimum absolute atomic E-state index is 0.0171. The van der Waals surface area contributed by atoms with E-state index in [4.69, 9.17) is 22.6 Å². The molecule has 0 atom stereocenters. The molecule has 0 saturated heterocycles. The lowest BCUT2D eigenvalue weighted by Gasteiger charge is -2.21. The Bertz CT molecular complexity index is 1040. The van der Waals surface area contributed by atoms with Crippen LogP contribution < -0.4 is 5.73 Å². The highest BCUT2D eigenvalue weighted by Crippen LogP contribution is 2.20. The third kappa shape index (κ3) is 7.72. The summed E-state index contributed by atoms with van der Waals surface area (Å²) < 4.78 is 0.